The van der Waals surface area contributed by atoms with Gasteiger partial charge in [0.05, 0.1) is 12.8 Å². The monoisotopic (exact) mass is 765 g/mol. The van der Waals surface area contributed by atoms with Crippen LogP contribution < -0.4 is 5.32 Å². The van der Waals surface area contributed by atoms with Gasteiger partial charge in [0.1, 0.15) is 6.10 Å². The third-order valence-electron chi connectivity index (χ3n) is 18.7. The molecule has 0 spiro atoms. The van der Waals surface area contributed by atoms with Gasteiger partial charge in [-0.15, -0.1) is 0 Å². The number of likely N-dealkylation sites (tertiary alicyclic amines) is 1. The van der Waals surface area contributed by atoms with Crippen molar-refractivity contribution in [3.63, 3.8) is 0 Å². The number of ether oxygens (including phenoxy) is 1. The van der Waals surface area contributed by atoms with Crippen LogP contribution in [0.1, 0.15) is 178 Å². The molecule has 1 saturated heterocycles. The van der Waals surface area contributed by atoms with Crippen LogP contribution in [0.15, 0.2) is 12.2 Å². The van der Waals surface area contributed by atoms with E-state index in [1.54, 1.807) is 0 Å². The van der Waals surface area contributed by atoms with Crippen molar-refractivity contribution >= 4 is 17.8 Å². The average Bonchev–Trinajstić information content (AvgIpc) is 3.43. The van der Waals surface area contributed by atoms with Crippen molar-refractivity contribution in [3.05, 3.63) is 12.2 Å². The second-order valence-corrected chi connectivity index (χ2v) is 22.7. The minimum Gasteiger partial charge on any atom is -0.481 e. The number of nitrogens with one attached hydrogen (secondary N) is 1. The van der Waals surface area contributed by atoms with E-state index in [1.807, 2.05) is 13.8 Å². The summed E-state index contributed by atoms with van der Waals surface area (Å²) in [6.07, 6.45) is 16.5. The van der Waals surface area contributed by atoms with Crippen LogP contribution in [0.4, 0.5) is 0 Å². The van der Waals surface area contributed by atoms with E-state index >= 15 is 0 Å². The Morgan fingerprint density at radius 2 is 1.60 bits per heavy atom. The van der Waals surface area contributed by atoms with E-state index in [9.17, 15) is 19.5 Å². The van der Waals surface area contributed by atoms with Crippen molar-refractivity contribution in [2.75, 3.05) is 7.05 Å². The molecule has 3 unspecified atom stereocenters. The third-order valence-corrected chi connectivity index (χ3v) is 18.7. The molecule has 312 valence electrons. The van der Waals surface area contributed by atoms with Crippen molar-refractivity contribution < 1.29 is 24.2 Å². The molecule has 5 saturated carbocycles. The number of amides is 1. The van der Waals surface area contributed by atoms with Gasteiger partial charge in [-0.3, -0.25) is 14.4 Å². The Morgan fingerprint density at radius 3 is 2.25 bits per heavy atom. The smallest absolute Gasteiger partial charge is 0.306 e. The van der Waals surface area contributed by atoms with Gasteiger partial charge < -0.3 is 20.1 Å². The molecule has 5 aliphatic carbocycles. The van der Waals surface area contributed by atoms with Crippen LogP contribution in [-0.4, -0.2) is 59.1 Å². The fourth-order valence-corrected chi connectivity index (χ4v) is 15.7. The standard InChI is InChI=1S/C48H80N2O5/c1-13-14-33-26-32(25-31(4)50(33)12)49-39(51)27-48-22-17-34(30(2)3)42(48)35-15-16-37-45(9)20-19-38(55-41(54)29-43(5,6)28-40(52)53)44(7,8)36(45)18-21-47(37,11)46(35,10)23-24-48/h31-38,42H,2,13-29H2,1,3-12H3,(H,49,51)(H,52,53)/t31?,32?,33?,34-,35+,36-,37+,38-,42+,45-,46+,47+,48+/m0/s1. The van der Waals surface area contributed by atoms with E-state index in [0.29, 0.717) is 54.0 Å². The maximum Gasteiger partial charge on any atom is 0.306 e. The number of hydrogen-bond acceptors (Lipinski definition) is 5. The summed E-state index contributed by atoms with van der Waals surface area (Å²) >= 11 is 0. The molecule has 2 N–H and O–H groups in total. The van der Waals surface area contributed by atoms with E-state index in [4.69, 9.17) is 4.74 Å². The summed E-state index contributed by atoms with van der Waals surface area (Å²) in [6, 6.07) is 1.31. The molecule has 6 aliphatic rings. The highest BCUT2D eigenvalue weighted by molar-refractivity contribution is 5.77. The Hall–Kier alpha value is -1.89. The lowest BCUT2D eigenvalue weighted by atomic mass is 9.32. The summed E-state index contributed by atoms with van der Waals surface area (Å²) in [5.41, 5.74) is 1.16. The molecule has 1 heterocycles. The van der Waals surface area contributed by atoms with Gasteiger partial charge in [-0.25, -0.2) is 0 Å². The average molecular weight is 765 g/mol. The number of aliphatic carboxylic acids is 1. The van der Waals surface area contributed by atoms with Crippen molar-refractivity contribution in [3.8, 4) is 0 Å². The van der Waals surface area contributed by atoms with Gasteiger partial charge in [0.15, 0.2) is 0 Å². The SMILES string of the molecule is C=C(C)[C@@H]1CC[C@]2(CC(=O)NC3CC(C)N(C)C(CCC)C3)CC[C@]3(C)[C@H](CC[C@@H]4[C@@]5(C)CC[C@H](OC(=O)CC(C)(C)CC(=O)O)C(C)(C)[C@@H]5CC[C@]43C)[C@@H]12. The van der Waals surface area contributed by atoms with Crippen LogP contribution in [0.3, 0.4) is 0 Å². The first-order valence-corrected chi connectivity index (χ1v) is 22.6. The predicted molar refractivity (Wildman–Crippen MR) is 221 cm³/mol. The van der Waals surface area contributed by atoms with Crippen molar-refractivity contribution in [2.45, 2.75) is 203 Å². The summed E-state index contributed by atoms with van der Waals surface area (Å²) in [5, 5.41) is 13.0. The van der Waals surface area contributed by atoms with Crippen LogP contribution in [0.25, 0.3) is 0 Å². The number of fused-ring (bicyclic) bond motifs is 7. The fourth-order valence-electron chi connectivity index (χ4n) is 15.7. The van der Waals surface area contributed by atoms with E-state index in [2.05, 4.69) is 79.2 Å². The number of esters is 1. The Morgan fingerprint density at radius 1 is 0.891 bits per heavy atom. The van der Waals surface area contributed by atoms with Crippen molar-refractivity contribution in [2.24, 2.45) is 62.1 Å². The molecule has 7 nitrogen and oxygen atoms in total. The van der Waals surface area contributed by atoms with E-state index in [1.165, 1.54) is 50.5 Å². The Bertz CT molecular complexity index is 1490. The highest BCUT2D eigenvalue weighted by atomic mass is 16.5. The maximum absolute atomic E-state index is 14.2. The molecule has 1 aliphatic heterocycles. The molecular formula is C48H80N2O5. The molecule has 0 radical (unpaired) electrons. The maximum atomic E-state index is 14.2. The Balaban J connectivity index is 1.20. The van der Waals surface area contributed by atoms with Crippen molar-refractivity contribution in [1.82, 2.24) is 10.2 Å². The highest BCUT2D eigenvalue weighted by Crippen LogP contribution is 2.78. The molecular weight excluding hydrogens is 685 g/mol. The lowest BCUT2D eigenvalue weighted by Crippen LogP contribution is -2.67. The van der Waals surface area contributed by atoms with Crippen LogP contribution in [-0.2, 0) is 19.1 Å². The highest BCUT2D eigenvalue weighted by Gasteiger charge is 2.71. The summed E-state index contributed by atoms with van der Waals surface area (Å²) in [6.45, 7) is 27.8. The van der Waals surface area contributed by atoms with Crippen LogP contribution in [0.2, 0.25) is 0 Å². The topological polar surface area (TPSA) is 95.9 Å². The molecule has 13 atom stereocenters. The molecule has 0 bridgehead atoms. The second kappa shape index (κ2) is 15.0. The Labute approximate surface area is 335 Å². The quantitative estimate of drug-likeness (QED) is 0.161. The fraction of sp³-hybridized carbons (Fsp3) is 0.896. The molecule has 6 fully saturated rings. The minimum atomic E-state index is -0.879. The lowest BCUT2D eigenvalue weighted by molar-refractivity contribution is -0.250. The van der Waals surface area contributed by atoms with E-state index in [0.717, 1.165) is 44.9 Å². The zero-order valence-corrected chi connectivity index (χ0v) is 37.0. The number of carbonyl (C=O) groups excluding carboxylic acids is 2. The lowest BCUT2D eigenvalue weighted by Gasteiger charge is -2.73. The summed E-state index contributed by atoms with van der Waals surface area (Å²) in [7, 11) is 2.27. The molecule has 0 aromatic carbocycles. The first kappa shape index (κ1) is 42.7. The van der Waals surface area contributed by atoms with Crippen LogP contribution in [0.5, 0.6) is 0 Å². The molecule has 7 heteroatoms. The van der Waals surface area contributed by atoms with E-state index in [-0.39, 0.29) is 58.0 Å². The largest absolute Gasteiger partial charge is 0.481 e. The molecule has 55 heavy (non-hydrogen) atoms. The van der Waals surface area contributed by atoms with Crippen molar-refractivity contribution in [1.29, 1.82) is 0 Å². The summed E-state index contributed by atoms with van der Waals surface area (Å²) < 4.78 is 6.31. The number of rotatable bonds is 11. The van der Waals surface area contributed by atoms with Gasteiger partial charge in [0.2, 0.25) is 5.91 Å². The normalized spacial score (nSPS) is 43.9. The van der Waals surface area contributed by atoms with Crippen LogP contribution in [0, 0.1) is 62.1 Å². The predicted octanol–water partition coefficient (Wildman–Crippen LogP) is 10.6. The zero-order chi connectivity index (χ0) is 40.5. The number of carboxylic acid groups (broad SMARTS) is 1. The van der Waals surface area contributed by atoms with Gasteiger partial charge in [0.25, 0.3) is 0 Å². The number of piperidine rings is 1. The summed E-state index contributed by atoms with van der Waals surface area (Å²) in [4.78, 5) is 41.5. The van der Waals surface area contributed by atoms with E-state index < -0.39 is 11.4 Å². The molecule has 6 rings (SSSR count). The third kappa shape index (κ3) is 7.38. The minimum absolute atomic E-state index is 0.0452. The molecule has 1 amide bonds. The number of allylic oxidation sites excluding steroid dienone is 1. The van der Waals surface area contributed by atoms with Gasteiger partial charge in [-0.2, -0.15) is 0 Å². The van der Waals surface area contributed by atoms with Gasteiger partial charge in [-0.1, -0.05) is 74.0 Å². The van der Waals surface area contributed by atoms with Gasteiger partial charge in [-0.05, 0) is 161 Å². The van der Waals surface area contributed by atoms with Gasteiger partial charge >= 0.3 is 11.9 Å². The number of nitrogens with zero attached hydrogens (tertiary/aromatic N) is 1. The molecule has 0 aromatic heterocycles. The number of carboxylic acids is 1. The molecule has 0 aromatic rings. The Kier molecular flexibility index (Phi) is 11.7. The first-order valence-electron chi connectivity index (χ1n) is 22.6. The number of carbonyl (C=O) groups is 3. The van der Waals surface area contributed by atoms with Crippen LogP contribution >= 0.6 is 0 Å². The zero-order valence-electron chi connectivity index (χ0n) is 37.0. The van der Waals surface area contributed by atoms with Gasteiger partial charge in [0, 0.05) is 30.0 Å². The summed E-state index contributed by atoms with van der Waals surface area (Å²) in [5.74, 6) is 1.82. The first-order chi connectivity index (χ1) is 25.5. The second-order valence-electron chi connectivity index (χ2n) is 22.7. The number of hydrogen-bond donors (Lipinski definition) is 2.